The molecule has 350 valence electrons. The molecule has 5 N–H and O–H groups in total. The highest BCUT2D eigenvalue weighted by Gasteiger charge is 2.36. The normalized spacial score (nSPS) is 13.6. The van der Waals surface area contributed by atoms with Crippen LogP contribution in [0.15, 0.2) is 48.8 Å². The summed E-state index contributed by atoms with van der Waals surface area (Å²) in [6.07, 6.45) is 8.48. The second kappa shape index (κ2) is 27.1. The number of alkyl carbamates (subject to hydrolysis) is 2. The number of likely N-dealkylation sites (tertiary alicyclic amines) is 1. The Labute approximate surface area is 375 Å². The van der Waals surface area contributed by atoms with Gasteiger partial charge in [-0.2, -0.15) is 0 Å². The topological polar surface area (TPSA) is 220 Å². The smallest absolute Gasteiger partial charge is 0.407 e. The van der Waals surface area contributed by atoms with Crippen LogP contribution in [-0.2, 0) is 35.0 Å². The molecule has 0 spiro atoms. The number of aryl methyl sites for hydroxylation is 1. The van der Waals surface area contributed by atoms with Gasteiger partial charge in [-0.05, 0) is 55.4 Å². The molecule has 1 aliphatic rings. The lowest BCUT2D eigenvalue weighted by molar-refractivity contribution is -0.134. The highest BCUT2D eigenvalue weighted by Crippen LogP contribution is 2.45. The average Bonchev–Trinajstić information content (AvgIpc) is 4.11. The van der Waals surface area contributed by atoms with E-state index in [-0.39, 0.29) is 37.6 Å². The number of imidazole rings is 2. The van der Waals surface area contributed by atoms with Gasteiger partial charge in [0.2, 0.25) is 11.8 Å². The summed E-state index contributed by atoms with van der Waals surface area (Å²) in [6, 6.07) is 11.0. The van der Waals surface area contributed by atoms with Crippen LogP contribution >= 0.6 is 0 Å². The molecule has 0 bridgehead atoms. The van der Waals surface area contributed by atoms with Crippen LogP contribution in [0.3, 0.4) is 0 Å². The number of aromatic nitrogens is 4. The number of aromatic amines is 2. The molecular weight excluding hydrogens is 825 g/mol. The Morgan fingerprint density at radius 3 is 2.06 bits per heavy atom. The SMILES string of the molecule is CCC.CCCC(NC(=O)OC)C(=O)N1CCCC1c1ncc(-c2ccc(-c3ccc(-c4cnc(CCCCNC(=O)CNC(=O)OC)[nH]4)cc3)c(OCCOC)c2OCCOC)[nH]1. The Hall–Kier alpha value is -6.14. The first-order valence-electron chi connectivity index (χ1n) is 22.0. The van der Waals surface area contributed by atoms with Crippen LogP contribution in [0.1, 0.15) is 83.4 Å². The van der Waals surface area contributed by atoms with Crippen molar-refractivity contribution in [1.29, 1.82) is 0 Å². The molecule has 0 aliphatic carbocycles. The van der Waals surface area contributed by atoms with Crippen molar-refractivity contribution in [3.05, 3.63) is 60.4 Å². The molecule has 2 aromatic heterocycles. The Morgan fingerprint density at radius 1 is 0.766 bits per heavy atom. The summed E-state index contributed by atoms with van der Waals surface area (Å²) in [4.78, 5) is 66.8. The maximum absolute atomic E-state index is 13.7. The molecule has 1 aliphatic heterocycles. The van der Waals surface area contributed by atoms with Crippen LogP contribution in [-0.4, -0.2) is 129 Å². The van der Waals surface area contributed by atoms with E-state index < -0.39 is 18.2 Å². The third-order valence-electron chi connectivity index (χ3n) is 10.1. The number of hydrogen-bond donors (Lipinski definition) is 5. The van der Waals surface area contributed by atoms with E-state index in [4.69, 9.17) is 28.7 Å². The van der Waals surface area contributed by atoms with Crippen LogP contribution in [0.25, 0.3) is 33.6 Å². The van der Waals surface area contributed by atoms with Gasteiger partial charge in [-0.15, -0.1) is 0 Å². The molecule has 64 heavy (non-hydrogen) atoms. The number of nitrogens with one attached hydrogen (secondary N) is 5. The van der Waals surface area contributed by atoms with E-state index in [0.717, 1.165) is 53.0 Å². The maximum atomic E-state index is 13.7. The van der Waals surface area contributed by atoms with Crippen molar-refractivity contribution in [2.45, 2.75) is 84.2 Å². The molecule has 2 aromatic carbocycles. The predicted octanol–water partition coefficient (Wildman–Crippen LogP) is 6.58. The van der Waals surface area contributed by atoms with Crippen molar-refractivity contribution in [2.24, 2.45) is 0 Å². The number of benzene rings is 2. The fraction of sp³-hybridized carbons (Fsp3) is 0.522. The van der Waals surface area contributed by atoms with E-state index in [0.29, 0.717) is 75.0 Å². The Kier molecular flexibility index (Phi) is 21.4. The summed E-state index contributed by atoms with van der Waals surface area (Å²) in [6.45, 7) is 8.34. The van der Waals surface area contributed by atoms with E-state index in [1.807, 2.05) is 49.5 Å². The largest absolute Gasteiger partial charge is 0.487 e. The van der Waals surface area contributed by atoms with Crippen LogP contribution in [0.2, 0.25) is 0 Å². The summed E-state index contributed by atoms with van der Waals surface area (Å²) < 4.78 is 32.8. The van der Waals surface area contributed by atoms with E-state index in [9.17, 15) is 19.2 Å². The van der Waals surface area contributed by atoms with Gasteiger partial charge in [-0.25, -0.2) is 19.6 Å². The Balaban J connectivity index is 0.00000291. The predicted molar refractivity (Wildman–Crippen MR) is 242 cm³/mol. The molecule has 4 amide bonds. The lowest BCUT2D eigenvalue weighted by atomic mass is 9.98. The highest BCUT2D eigenvalue weighted by molar-refractivity contribution is 5.86. The number of carbonyl (C=O) groups excluding carboxylic acids is 4. The van der Waals surface area contributed by atoms with Crippen molar-refractivity contribution in [2.75, 3.05) is 74.5 Å². The molecule has 1 fully saturated rings. The lowest BCUT2D eigenvalue weighted by Crippen LogP contribution is -2.48. The summed E-state index contributed by atoms with van der Waals surface area (Å²) in [5, 5.41) is 7.83. The van der Waals surface area contributed by atoms with Gasteiger partial charge in [0.1, 0.15) is 30.9 Å². The second-order valence-electron chi connectivity index (χ2n) is 15.0. The molecule has 18 heteroatoms. The van der Waals surface area contributed by atoms with Gasteiger partial charge >= 0.3 is 12.2 Å². The third-order valence-corrected chi connectivity index (χ3v) is 10.1. The van der Waals surface area contributed by atoms with Gasteiger partial charge in [-0.3, -0.25) is 9.59 Å². The zero-order valence-electron chi connectivity index (χ0n) is 38.3. The number of H-pyrrole nitrogens is 2. The first kappa shape index (κ1) is 50.5. The number of hydrogen-bond acceptors (Lipinski definition) is 12. The zero-order valence-corrected chi connectivity index (χ0v) is 38.3. The van der Waals surface area contributed by atoms with E-state index in [1.54, 1.807) is 25.3 Å². The van der Waals surface area contributed by atoms with Gasteiger partial charge in [0, 0.05) is 44.9 Å². The number of amides is 4. The highest BCUT2D eigenvalue weighted by atomic mass is 16.6. The van der Waals surface area contributed by atoms with Gasteiger partial charge < -0.3 is 59.2 Å². The molecule has 2 atom stereocenters. The van der Waals surface area contributed by atoms with Gasteiger partial charge in [0.05, 0.1) is 63.8 Å². The summed E-state index contributed by atoms with van der Waals surface area (Å²) in [5.41, 5.74) is 4.94. The lowest BCUT2D eigenvalue weighted by Gasteiger charge is -2.28. The van der Waals surface area contributed by atoms with Crippen LogP contribution < -0.4 is 25.4 Å². The number of carbonyl (C=O) groups is 4. The van der Waals surface area contributed by atoms with Crippen molar-refractivity contribution >= 4 is 24.0 Å². The summed E-state index contributed by atoms with van der Waals surface area (Å²) >= 11 is 0. The molecule has 0 saturated carbocycles. The molecule has 4 aromatic rings. The number of nitrogens with zero attached hydrogens (tertiary/aromatic N) is 3. The quantitative estimate of drug-likeness (QED) is 0.0499. The maximum Gasteiger partial charge on any atom is 0.407 e. The molecule has 18 nitrogen and oxygen atoms in total. The number of unbranched alkanes of at least 4 members (excludes halogenated alkanes) is 1. The molecular formula is C46H66N8O10. The first-order chi connectivity index (χ1) is 31.1. The Bertz CT molecular complexity index is 2050. The van der Waals surface area contributed by atoms with Crippen molar-refractivity contribution in [3.8, 4) is 45.1 Å². The van der Waals surface area contributed by atoms with E-state index >= 15 is 0 Å². The van der Waals surface area contributed by atoms with Crippen LogP contribution in [0.4, 0.5) is 9.59 Å². The van der Waals surface area contributed by atoms with Crippen LogP contribution in [0.5, 0.6) is 11.5 Å². The minimum Gasteiger partial charge on any atom is -0.487 e. The monoisotopic (exact) mass is 890 g/mol. The number of rotatable bonds is 23. The van der Waals surface area contributed by atoms with E-state index in [1.165, 1.54) is 20.6 Å². The van der Waals surface area contributed by atoms with E-state index in [2.05, 4.69) is 49.5 Å². The zero-order chi connectivity index (χ0) is 46.3. The fourth-order valence-corrected chi connectivity index (χ4v) is 7.05. The van der Waals surface area contributed by atoms with Gasteiger partial charge in [0.15, 0.2) is 11.5 Å². The van der Waals surface area contributed by atoms with Gasteiger partial charge in [0.25, 0.3) is 0 Å². The number of ether oxygens (including phenoxy) is 6. The molecule has 2 unspecified atom stereocenters. The molecule has 3 heterocycles. The van der Waals surface area contributed by atoms with Crippen molar-refractivity contribution in [3.63, 3.8) is 0 Å². The minimum atomic E-state index is -0.700. The second-order valence-corrected chi connectivity index (χ2v) is 15.0. The summed E-state index contributed by atoms with van der Waals surface area (Å²) in [5.74, 6) is 2.06. The van der Waals surface area contributed by atoms with Crippen molar-refractivity contribution in [1.82, 2.24) is 40.8 Å². The fourth-order valence-electron chi connectivity index (χ4n) is 7.05. The standard InChI is InChI=1S/C43H58N8O10.C3H8/c1-6-10-32(50-43(55)59-5)41(53)51-20-9-11-35(51)40-46-26-34(49-40)31-18-17-30(38(60-23-21-56-2)39(31)61-24-22-57-3)28-13-15-29(16-14-28)33-25-45-36(48-33)12-7-8-19-44-37(52)27-47-42(54)58-4;1-3-2/h13-18,25-26,32,35H,6-12,19-24,27H2,1-5H3,(H,44,52)(H,45,48)(H,46,49)(H,47,54)(H,50,55);3H2,1-2H3. The minimum absolute atomic E-state index is 0.137. The first-order valence-corrected chi connectivity index (χ1v) is 22.0. The molecule has 0 radical (unpaired) electrons. The summed E-state index contributed by atoms with van der Waals surface area (Å²) in [7, 11) is 5.75. The third kappa shape index (κ3) is 14.7. The number of methoxy groups -OCH3 is 4. The van der Waals surface area contributed by atoms with Crippen LogP contribution in [0, 0.1) is 0 Å². The van der Waals surface area contributed by atoms with Crippen molar-refractivity contribution < 1.29 is 47.6 Å². The molecule has 5 rings (SSSR count). The molecule has 1 saturated heterocycles. The Morgan fingerprint density at radius 2 is 1.41 bits per heavy atom. The van der Waals surface area contributed by atoms with Gasteiger partial charge in [-0.1, -0.05) is 57.9 Å². The average molecular weight is 891 g/mol.